The maximum absolute atomic E-state index is 12.8. The molecule has 0 unspecified atom stereocenters. The van der Waals surface area contributed by atoms with Crippen LogP contribution >= 0.6 is 0 Å². The average molecular weight is 289 g/mol. The molecule has 1 aromatic rings. The molecule has 0 radical (unpaired) electrons. The molecular formula is C11H16FN3O3S. The minimum Gasteiger partial charge on any atom is -0.409 e. The molecule has 106 valence electrons. The summed E-state index contributed by atoms with van der Waals surface area (Å²) in [5.41, 5.74) is 5.34. The van der Waals surface area contributed by atoms with Crippen LogP contribution in [0.4, 0.5) is 4.39 Å². The monoisotopic (exact) mass is 289 g/mol. The minimum absolute atomic E-state index is 0.0342. The van der Waals surface area contributed by atoms with E-state index in [0.717, 1.165) is 16.4 Å². The standard InChI is InChI=1S/C11H16FN3O3S/c1-2-7-15(8-11(13)14-16)19(17,18)10-5-3-9(12)4-6-10/h3-6,16H,2,7-8H2,1H3,(H2,13,14). The SMILES string of the molecule is CCCN(CC(N)=NO)S(=O)(=O)c1ccc(F)cc1. The number of oxime groups is 1. The Kier molecular flexibility index (Phi) is 5.25. The van der Waals surface area contributed by atoms with Crippen LogP contribution in [0.15, 0.2) is 34.3 Å². The smallest absolute Gasteiger partial charge is 0.243 e. The van der Waals surface area contributed by atoms with Gasteiger partial charge >= 0.3 is 0 Å². The van der Waals surface area contributed by atoms with Gasteiger partial charge in [0.2, 0.25) is 10.0 Å². The Morgan fingerprint density at radius 2 is 2.00 bits per heavy atom. The van der Waals surface area contributed by atoms with E-state index in [-0.39, 0.29) is 23.8 Å². The molecule has 0 aliphatic carbocycles. The van der Waals surface area contributed by atoms with Crippen molar-refractivity contribution in [1.82, 2.24) is 4.31 Å². The van der Waals surface area contributed by atoms with Crippen molar-refractivity contribution in [2.75, 3.05) is 13.1 Å². The maximum Gasteiger partial charge on any atom is 0.243 e. The lowest BCUT2D eigenvalue weighted by molar-refractivity contribution is 0.314. The predicted molar refractivity (Wildman–Crippen MR) is 68.9 cm³/mol. The predicted octanol–water partition coefficient (Wildman–Crippen LogP) is 0.973. The number of rotatable bonds is 6. The molecule has 19 heavy (non-hydrogen) atoms. The van der Waals surface area contributed by atoms with Crippen LogP contribution in [0.1, 0.15) is 13.3 Å². The summed E-state index contributed by atoms with van der Waals surface area (Å²) in [6.07, 6.45) is 0.569. The second kappa shape index (κ2) is 6.48. The Morgan fingerprint density at radius 3 is 2.47 bits per heavy atom. The maximum atomic E-state index is 12.8. The molecule has 0 aliphatic rings. The number of amidine groups is 1. The van der Waals surface area contributed by atoms with E-state index >= 15 is 0 Å². The van der Waals surface area contributed by atoms with Gasteiger partial charge in [-0.1, -0.05) is 12.1 Å². The van der Waals surface area contributed by atoms with Gasteiger partial charge < -0.3 is 10.9 Å². The van der Waals surface area contributed by atoms with Gasteiger partial charge in [-0.3, -0.25) is 0 Å². The molecule has 0 heterocycles. The van der Waals surface area contributed by atoms with E-state index in [2.05, 4.69) is 5.16 Å². The fraction of sp³-hybridized carbons (Fsp3) is 0.364. The van der Waals surface area contributed by atoms with Gasteiger partial charge in [-0.25, -0.2) is 12.8 Å². The topological polar surface area (TPSA) is 96.0 Å². The van der Waals surface area contributed by atoms with Crippen molar-refractivity contribution >= 4 is 15.9 Å². The lowest BCUT2D eigenvalue weighted by atomic mass is 10.4. The van der Waals surface area contributed by atoms with Crippen LogP contribution in [0.5, 0.6) is 0 Å². The first-order chi connectivity index (χ1) is 8.91. The molecular weight excluding hydrogens is 273 g/mol. The zero-order valence-corrected chi connectivity index (χ0v) is 11.3. The molecule has 0 amide bonds. The molecule has 3 N–H and O–H groups in total. The highest BCUT2D eigenvalue weighted by molar-refractivity contribution is 7.89. The Morgan fingerprint density at radius 1 is 1.42 bits per heavy atom. The van der Waals surface area contributed by atoms with E-state index < -0.39 is 15.8 Å². The Bertz CT molecular complexity index is 543. The number of halogens is 1. The summed E-state index contributed by atoms with van der Waals surface area (Å²) in [5.74, 6) is -0.725. The van der Waals surface area contributed by atoms with Crippen molar-refractivity contribution in [2.24, 2.45) is 10.9 Å². The van der Waals surface area contributed by atoms with Gasteiger partial charge in [0.05, 0.1) is 11.4 Å². The van der Waals surface area contributed by atoms with Gasteiger partial charge in [0.15, 0.2) is 5.84 Å². The summed E-state index contributed by atoms with van der Waals surface area (Å²) in [4.78, 5) is -0.0342. The largest absolute Gasteiger partial charge is 0.409 e. The lowest BCUT2D eigenvalue weighted by Gasteiger charge is -2.20. The van der Waals surface area contributed by atoms with Crippen LogP contribution in [0, 0.1) is 5.82 Å². The minimum atomic E-state index is -3.79. The second-order valence-electron chi connectivity index (χ2n) is 3.88. The van der Waals surface area contributed by atoms with Crippen LogP contribution in [0.3, 0.4) is 0 Å². The van der Waals surface area contributed by atoms with Crippen molar-refractivity contribution < 1.29 is 18.0 Å². The molecule has 0 atom stereocenters. The molecule has 0 saturated carbocycles. The lowest BCUT2D eigenvalue weighted by Crippen LogP contribution is -2.39. The van der Waals surface area contributed by atoms with Crippen molar-refractivity contribution in [2.45, 2.75) is 18.2 Å². The molecule has 0 aliphatic heterocycles. The van der Waals surface area contributed by atoms with Crippen molar-refractivity contribution in [3.05, 3.63) is 30.1 Å². The van der Waals surface area contributed by atoms with Gasteiger partial charge in [0, 0.05) is 6.54 Å². The van der Waals surface area contributed by atoms with E-state index in [1.165, 1.54) is 12.1 Å². The highest BCUT2D eigenvalue weighted by atomic mass is 32.2. The zero-order chi connectivity index (χ0) is 14.5. The number of nitrogens with zero attached hydrogens (tertiary/aromatic N) is 2. The van der Waals surface area contributed by atoms with Gasteiger partial charge in [0.1, 0.15) is 5.82 Å². The quantitative estimate of drug-likeness (QED) is 0.353. The second-order valence-corrected chi connectivity index (χ2v) is 5.82. The summed E-state index contributed by atoms with van der Waals surface area (Å²) in [5, 5.41) is 11.3. The Balaban J connectivity index is 3.08. The number of hydrogen-bond donors (Lipinski definition) is 2. The number of nitrogens with two attached hydrogens (primary N) is 1. The molecule has 1 rings (SSSR count). The van der Waals surface area contributed by atoms with Crippen LogP contribution in [-0.4, -0.2) is 36.9 Å². The van der Waals surface area contributed by atoms with E-state index in [9.17, 15) is 12.8 Å². The van der Waals surface area contributed by atoms with Crippen molar-refractivity contribution in [3.8, 4) is 0 Å². The number of hydrogen-bond acceptors (Lipinski definition) is 4. The third kappa shape index (κ3) is 3.90. The highest BCUT2D eigenvalue weighted by Crippen LogP contribution is 2.16. The summed E-state index contributed by atoms with van der Waals surface area (Å²) in [7, 11) is -3.79. The third-order valence-corrected chi connectivity index (χ3v) is 4.25. The average Bonchev–Trinajstić information content (AvgIpc) is 2.38. The summed E-state index contributed by atoms with van der Waals surface area (Å²) < 4.78 is 38.5. The van der Waals surface area contributed by atoms with Crippen LogP contribution < -0.4 is 5.73 Å². The van der Waals surface area contributed by atoms with Crippen molar-refractivity contribution in [1.29, 1.82) is 0 Å². The molecule has 0 saturated heterocycles. The molecule has 0 aromatic heterocycles. The molecule has 0 fully saturated rings. The first-order valence-corrected chi connectivity index (χ1v) is 7.08. The first-order valence-electron chi connectivity index (χ1n) is 5.64. The summed E-state index contributed by atoms with van der Waals surface area (Å²) >= 11 is 0. The molecule has 0 bridgehead atoms. The normalized spacial score (nSPS) is 12.9. The number of sulfonamides is 1. The van der Waals surface area contributed by atoms with Gasteiger partial charge in [0.25, 0.3) is 0 Å². The molecule has 8 heteroatoms. The van der Waals surface area contributed by atoms with E-state index in [1.54, 1.807) is 6.92 Å². The molecule has 1 aromatic carbocycles. The fourth-order valence-corrected chi connectivity index (χ4v) is 3.00. The van der Waals surface area contributed by atoms with E-state index in [1.807, 2.05) is 0 Å². The van der Waals surface area contributed by atoms with E-state index in [4.69, 9.17) is 10.9 Å². The molecule has 0 spiro atoms. The molecule has 6 nitrogen and oxygen atoms in total. The Labute approximate surface area is 111 Å². The van der Waals surface area contributed by atoms with Crippen LogP contribution in [-0.2, 0) is 10.0 Å². The highest BCUT2D eigenvalue weighted by Gasteiger charge is 2.24. The van der Waals surface area contributed by atoms with Crippen LogP contribution in [0.25, 0.3) is 0 Å². The van der Waals surface area contributed by atoms with Gasteiger partial charge in [-0.05, 0) is 30.7 Å². The van der Waals surface area contributed by atoms with Crippen LogP contribution in [0.2, 0.25) is 0 Å². The summed E-state index contributed by atoms with van der Waals surface area (Å²) in [6.45, 7) is 1.81. The third-order valence-electron chi connectivity index (χ3n) is 2.39. The fourth-order valence-electron chi connectivity index (χ4n) is 1.50. The van der Waals surface area contributed by atoms with Gasteiger partial charge in [-0.15, -0.1) is 0 Å². The van der Waals surface area contributed by atoms with E-state index in [0.29, 0.717) is 6.42 Å². The van der Waals surface area contributed by atoms with Gasteiger partial charge in [-0.2, -0.15) is 4.31 Å². The number of benzene rings is 1. The first kappa shape index (κ1) is 15.4. The summed E-state index contributed by atoms with van der Waals surface area (Å²) in [6, 6.07) is 4.50. The van der Waals surface area contributed by atoms with Crippen molar-refractivity contribution in [3.63, 3.8) is 0 Å². The zero-order valence-electron chi connectivity index (χ0n) is 10.5. The Hall–Kier alpha value is -1.67.